The van der Waals surface area contributed by atoms with Gasteiger partial charge in [0.2, 0.25) is 0 Å². The first-order chi connectivity index (χ1) is 6.98. The molecule has 0 spiro atoms. The number of fused-ring (bicyclic) bond motifs is 1. The van der Waals surface area contributed by atoms with Crippen molar-refractivity contribution in [3.8, 4) is 0 Å². The van der Waals surface area contributed by atoms with Gasteiger partial charge in [0, 0.05) is 27.7 Å². The number of rotatable bonds is 0. The second kappa shape index (κ2) is 3.75. The van der Waals surface area contributed by atoms with Crippen molar-refractivity contribution < 1.29 is 0 Å². The van der Waals surface area contributed by atoms with Crippen LogP contribution in [0.5, 0.6) is 0 Å². The molecule has 0 atom stereocenters. The molecule has 0 saturated heterocycles. The molecule has 0 aromatic heterocycles. The Labute approximate surface area is 99.7 Å². The predicted octanol–water partition coefficient (Wildman–Crippen LogP) is 3.84. The summed E-state index contributed by atoms with van der Waals surface area (Å²) in [6.07, 6.45) is 1.07. The Kier molecular flexibility index (Phi) is 2.72. The van der Waals surface area contributed by atoms with Gasteiger partial charge in [0.05, 0.1) is 0 Å². The van der Waals surface area contributed by atoms with Gasteiger partial charge in [0.25, 0.3) is 0 Å². The summed E-state index contributed by atoms with van der Waals surface area (Å²) < 4.78 is 1.14. The van der Waals surface area contributed by atoms with Gasteiger partial charge < -0.3 is 0 Å². The zero-order valence-electron chi connectivity index (χ0n) is 9.47. The van der Waals surface area contributed by atoms with E-state index in [0.29, 0.717) is 0 Å². The molecule has 0 fully saturated rings. The summed E-state index contributed by atoms with van der Waals surface area (Å²) in [6.45, 7) is 7.60. The molecule has 0 amide bonds. The van der Waals surface area contributed by atoms with Crippen molar-refractivity contribution in [2.24, 2.45) is 10.4 Å². The SMILES string of the molecule is CC(C)(C)C1=NCCc2ccc(Br)cc21. The zero-order chi connectivity index (χ0) is 11.1. The van der Waals surface area contributed by atoms with Crippen LogP contribution in [0.1, 0.15) is 31.9 Å². The lowest BCUT2D eigenvalue weighted by Crippen LogP contribution is -2.26. The van der Waals surface area contributed by atoms with Crippen LogP contribution in [0.2, 0.25) is 0 Å². The largest absolute Gasteiger partial charge is 0.288 e. The molecule has 1 aliphatic heterocycles. The fourth-order valence-electron chi connectivity index (χ4n) is 2.00. The number of nitrogens with zero attached hydrogens (tertiary/aromatic N) is 1. The highest BCUT2D eigenvalue weighted by Crippen LogP contribution is 2.29. The molecule has 80 valence electrons. The highest BCUT2D eigenvalue weighted by atomic mass is 79.9. The van der Waals surface area contributed by atoms with Crippen molar-refractivity contribution in [3.63, 3.8) is 0 Å². The number of aliphatic imine (C=N–C) groups is 1. The molecule has 2 rings (SSSR count). The summed E-state index contributed by atoms with van der Waals surface area (Å²) in [7, 11) is 0. The van der Waals surface area contributed by atoms with Gasteiger partial charge in [-0.05, 0) is 24.1 Å². The van der Waals surface area contributed by atoms with Crippen LogP contribution in [0, 0.1) is 5.41 Å². The predicted molar refractivity (Wildman–Crippen MR) is 68.7 cm³/mol. The van der Waals surface area contributed by atoms with Crippen LogP contribution in [-0.4, -0.2) is 12.3 Å². The molecule has 1 nitrogen and oxygen atoms in total. The normalized spacial score (nSPS) is 15.9. The van der Waals surface area contributed by atoms with Crippen LogP contribution in [0.25, 0.3) is 0 Å². The fraction of sp³-hybridized carbons (Fsp3) is 0.462. The Bertz CT molecular complexity index is 413. The Morgan fingerprint density at radius 3 is 2.67 bits per heavy atom. The quantitative estimate of drug-likeness (QED) is 0.676. The smallest absolute Gasteiger partial charge is 0.0477 e. The second-order valence-electron chi connectivity index (χ2n) is 5.03. The van der Waals surface area contributed by atoms with E-state index < -0.39 is 0 Å². The van der Waals surface area contributed by atoms with Crippen molar-refractivity contribution in [3.05, 3.63) is 33.8 Å². The van der Waals surface area contributed by atoms with Gasteiger partial charge in [-0.3, -0.25) is 4.99 Å². The molecule has 1 heterocycles. The van der Waals surface area contributed by atoms with Crippen molar-refractivity contribution in [1.29, 1.82) is 0 Å². The number of halogens is 1. The minimum Gasteiger partial charge on any atom is -0.288 e. The lowest BCUT2D eigenvalue weighted by molar-refractivity contribution is 0.585. The topological polar surface area (TPSA) is 12.4 Å². The molecule has 15 heavy (non-hydrogen) atoms. The highest BCUT2D eigenvalue weighted by Gasteiger charge is 2.24. The monoisotopic (exact) mass is 265 g/mol. The van der Waals surface area contributed by atoms with Crippen molar-refractivity contribution in [1.82, 2.24) is 0 Å². The molecule has 0 bridgehead atoms. The van der Waals surface area contributed by atoms with Gasteiger partial charge in [-0.2, -0.15) is 0 Å². The fourth-order valence-corrected chi connectivity index (χ4v) is 2.36. The molecule has 2 heteroatoms. The standard InChI is InChI=1S/C13H16BrN/c1-13(2,3)12-11-8-10(14)5-4-9(11)6-7-15-12/h4-5,8H,6-7H2,1-3H3. The number of hydrogen-bond acceptors (Lipinski definition) is 1. The maximum Gasteiger partial charge on any atom is 0.0477 e. The summed E-state index contributed by atoms with van der Waals surface area (Å²) in [4.78, 5) is 4.68. The van der Waals surface area contributed by atoms with Crippen molar-refractivity contribution in [2.75, 3.05) is 6.54 Å². The molecular weight excluding hydrogens is 250 g/mol. The first-order valence-corrected chi connectivity index (χ1v) is 6.11. The maximum absolute atomic E-state index is 4.68. The Morgan fingerprint density at radius 1 is 1.27 bits per heavy atom. The second-order valence-corrected chi connectivity index (χ2v) is 5.95. The van der Waals surface area contributed by atoms with Crippen molar-refractivity contribution >= 4 is 21.6 Å². The third kappa shape index (κ3) is 2.15. The Balaban J connectivity index is 2.54. The number of hydrogen-bond donors (Lipinski definition) is 0. The van der Waals surface area contributed by atoms with Crippen LogP contribution >= 0.6 is 15.9 Å². The van der Waals surface area contributed by atoms with Crippen molar-refractivity contribution in [2.45, 2.75) is 27.2 Å². The third-order valence-electron chi connectivity index (χ3n) is 2.69. The Morgan fingerprint density at radius 2 is 2.00 bits per heavy atom. The number of benzene rings is 1. The van der Waals surface area contributed by atoms with Gasteiger partial charge in [-0.15, -0.1) is 0 Å². The lowest BCUT2D eigenvalue weighted by atomic mass is 9.82. The van der Waals surface area contributed by atoms with Gasteiger partial charge in [-0.25, -0.2) is 0 Å². The molecule has 1 aromatic rings. The summed E-state index contributed by atoms with van der Waals surface area (Å²) in [5.74, 6) is 0. The summed E-state index contributed by atoms with van der Waals surface area (Å²) in [5, 5.41) is 0. The van der Waals surface area contributed by atoms with E-state index in [-0.39, 0.29) is 5.41 Å². The van der Waals surface area contributed by atoms with Crippen LogP contribution in [-0.2, 0) is 6.42 Å². The summed E-state index contributed by atoms with van der Waals surface area (Å²) in [5.41, 5.74) is 4.13. The van der Waals surface area contributed by atoms with E-state index in [2.05, 4.69) is 59.9 Å². The molecule has 0 radical (unpaired) electrons. The van der Waals surface area contributed by atoms with Gasteiger partial charge in [0.1, 0.15) is 0 Å². The molecule has 0 unspecified atom stereocenters. The van der Waals surface area contributed by atoms with E-state index in [1.54, 1.807) is 0 Å². The van der Waals surface area contributed by atoms with Gasteiger partial charge in [0.15, 0.2) is 0 Å². The summed E-state index contributed by atoms with van der Waals surface area (Å²) in [6, 6.07) is 6.52. The van der Waals surface area contributed by atoms with E-state index >= 15 is 0 Å². The van der Waals surface area contributed by atoms with E-state index in [1.807, 2.05) is 0 Å². The average molecular weight is 266 g/mol. The molecule has 1 aromatic carbocycles. The van der Waals surface area contributed by atoms with Crippen LogP contribution in [0.15, 0.2) is 27.7 Å². The minimum atomic E-state index is 0.135. The van der Waals surface area contributed by atoms with E-state index in [1.165, 1.54) is 16.8 Å². The third-order valence-corrected chi connectivity index (χ3v) is 3.18. The van der Waals surface area contributed by atoms with Crippen LogP contribution in [0.3, 0.4) is 0 Å². The Hall–Kier alpha value is -0.630. The van der Waals surface area contributed by atoms with E-state index in [0.717, 1.165) is 17.4 Å². The van der Waals surface area contributed by atoms with Crippen LogP contribution < -0.4 is 0 Å². The minimum absolute atomic E-state index is 0.135. The first kappa shape index (κ1) is 10.9. The molecule has 1 aliphatic rings. The van der Waals surface area contributed by atoms with Gasteiger partial charge >= 0.3 is 0 Å². The van der Waals surface area contributed by atoms with Gasteiger partial charge in [-0.1, -0.05) is 42.8 Å². The first-order valence-electron chi connectivity index (χ1n) is 5.32. The highest BCUT2D eigenvalue weighted by molar-refractivity contribution is 9.10. The molecule has 0 aliphatic carbocycles. The zero-order valence-corrected chi connectivity index (χ0v) is 11.1. The summed E-state index contributed by atoms with van der Waals surface area (Å²) >= 11 is 3.53. The lowest BCUT2D eigenvalue weighted by Gasteiger charge is -2.27. The molecular formula is C13H16BrN. The van der Waals surface area contributed by atoms with Crippen LogP contribution in [0.4, 0.5) is 0 Å². The van der Waals surface area contributed by atoms with E-state index in [9.17, 15) is 0 Å². The average Bonchev–Trinajstić information content (AvgIpc) is 2.15. The molecule has 0 N–H and O–H groups in total. The molecule has 0 saturated carbocycles. The maximum atomic E-state index is 4.68. The van der Waals surface area contributed by atoms with E-state index in [4.69, 9.17) is 0 Å².